The summed E-state index contributed by atoms with van der Waals surface area (Å²) in [6.07, 6.45) is 0.634. The predicted molar refractivity (Wildman–Crippen MR) is 50.4 cm³/mol. The van der Waals surface area contributed by atoms with Gasteiger partial charge in [-0.1, -0.05) is 11.6 Å². The molecule has 0 bridgehead atoms. The number of nitrogens with zero attached hydrogens (tertiary/aromatic N) is 2. The summed E-state index contributed by atoms with van der Waals surface area (Å²) >= 11 is 5.79. The Morgan fingerprint density at radius 3 is 3.00 bits per heavy atom. The van der Waals surface area contributed by atoms with Crippen molar-refractivity contribution in [2.24, 2.45) is 5.73 Å². The maximum Gasteiger partial charge on any atom is 0.144 e. The Bertz CT molecular complexity index is 274. The first-order valence-electron chi connectivity index (χ1n) is 4.26. The molecule has 1 aromatic rings. The van der Waals surface area contributed by atoms with Gasteiger partial charge in [0.15, 0.2) is 0 Å². The van der Waals surface area contributed by atoms with Gasteiger partial charge in [0.2, 0.25) is 0 Å². The molecule has 74 valence electrons. The maximum atomic E-state index is 13.5. The highest BCUT2D eigenvalue weighted by Gasteiger charge is 2.18. The van der Waals surface area contributed by atoms with Crippen molar-refractivity contribution in [3.05, 3.63) is 16.9 Å². The Balaban J connectivity index is 2.89. The van der Waals surface area contributed by atoms with Crippen molar-refractivity contribution in [2.45, 2.75) is 26.1 Å². The summed E-state index contributed by atoms with van der Waals surface area (Å²) in [5.41, 5.74) is 5.70. The van der Waals surface area contributed by atoms with Gasteiger partial charge in [0, 0.05) is 6.54 Å². The molecule has 0 fully saturated rings. The van der Waals surface area contributed by atoms with E-state index in [9.17, 15) is 4.39 Å². The van der Waals surface area contributed by atoms with E-state index in [0.29, 0.717) is 23.8 Å². The highest BCUT2D eigenvalue weighted by Crippen LogP contribution is 2.27. The Morgan fingerprint density at radius 2 is 2.46 bits per heavy atom. The minimum Gasteiger partial charge on any atom is -0.330 e. The molecule has 0 aliphatic heterocycles. The van der Waals surface area contributed by atoms with Gasteiger partial charge in [0.25, 0.3) is 0 Å². The lowest BCUT2D eigenvalue weighted by molar-refractivity contribution is 0.306. The van der Waals surface area contributed by atoms with Crippen LogP contribution in [0.3, 0.4) is 0 Å². The van der Waals surface area contributed by atoms with Crippen LogP contribution >= 0.6 is 11.6 Å². The van der Waals surface area contributed by atoms with Gasteiger partial charge in [-0.3, -0.25) is 4.68 Å². The Hall–Kier alpha value is -0.610. The molecule has 1 rings (SSSR count). The van der Waals surface area contributed by atoms with E-state index in [1.165, 1.54) is 6.20 Å². The number of nitrogens with two attached hydrogens (primary N) is 1. The summed E-state index contributed by atoms with van der Waals surface area (Å²) in [7, 11) is 0. The van der Waals surface area contributed by atoms with Gasteiger partial charge < -0.3 is 5.73 Å². The molecule has 0 aromatic carbocycles. The van der Waals surface area contributed by atoms with Crippen LogP contribution in [-0.4, -0.2) is 16.3 Å². The second-order valence-electron chi connectivity index (χ2n) is 2.74. The first-order chi connectivity index (χ1) is 6.20. The van der Waals surface area contributed by atoms with Gasteiger partial charge in [-0.15, -0.1) is 0 Å². The Morgan fingerprint density at radius 1 is 1.77 bits per heavy atom. The minimum atomic E-state index is -1.11. The lowest BCUT2D eigenvalue weighted by atomic mass is 10.2. The summed E-state index contributed by atoms with van der Waals surface area (Å²) < 4.78 is 15.0. The van der Waals surface area contributed by atoms with Crippen molar-refractivity contribution in [3.8, 4) is 0 Å². The zero-order chi connectivity index (χ0) is 9.84. The fourth-order valence-electron chi connectivity index (χ4n) is 1.22. The van der Waals surface area contributed by atoms with E-state index < -0.39 is 6.17 Å². The molecular formula is C8H13ClFN3. The third-order valence-electron chi connectivity index (χ3n) is 1.85. The maximum absolute atomic E-state index is 13.5. The third kappa shape index (κ3) is 2.19. The average molecular weight is 206 g/mol. The zero-order valence-corrected chi connectivity index (χ0v) is 8.26. The van der Waals surface area contributed by atoms with Crippen LogP contribution in [0.25, 0.3) is 0 Å². The lowest BCUT2D eigenvalue weighted by Gasteiger charge is -2.09. The average Bonchev–Trinajstić information content (AvgIpc) is 2.47. The van der Waals surface area contributed by atoms with Crippen LogP contribution in [-0.2, 0) is 6.54 Å². The normalized spacial score (nSPS) is 13.2. The number of hydrogen-bond acceptors (Lipinski definition) is 2. The molecule has 0 saturated heterocycles. The zero-order valence-electron chi connectivity index (χ0n) is 7.50. The van der Waals surface area contributed by atoms with Crippen LogP contribution < -0.4 is 5.73 Å². The summed E-state index contributed by atoms with van der Waals surface area (Å²) in [6, 6.07) is 0. The van der Waals surface area contributed by atoms with Crippen LogP contribution in [0.1, 0.15) is 25.2 Å². The SMILES string of the molecule is CCn1ncc(Cl)c1C(F)CCN. The quantitative estimate of drug-likeness (QED) is 0.816. The van der Waals surface area contributed by atoms with Gasteiger partial charge >= 0.3 is 0 Å². The highest BCUT2D eigenvalue weighted by molar-refractivity contribution is 6.31. The topological polar surface area (TPSA) is 43.8 Å². The minimum absolute atomic E-state index is 0.283. The molecule has 13 heavy (non-hydrogen) atoms. The van der Waals surface area contributed by atoms with E-state index in [0.717, 1.165) is 0 Å². The van der Waals surface area contributed by atoms with E-state index in [1.807, 2.05) is 6.92 Å². The smallest absolute Gasteiger partial charge is 0.144 e. The number of aromatic nitrogens is 2. The molecule has 0 saturated carbocycles. The van der Waals surface area contributed by atoms with Gasteiger partial charge in [-0.05, 0) is 19.9 Å². The molecule has 1 unspecified atom stereocenters. The van der Waals surface area contributed by atoms with Crippen LogP contribution in [0, 0.1) is 0 Å². The molecule has 0 aliphatic rings. The van der Waals surface area contributed by atoms with E-state index in [1.54, 1.807) is 4.68 Å². The molecule has 0 spiro atoms. The molecule has 2 N–H and O–H groups in total. The second kappa shape index (κ2) is 4.58. The van der Waals surface area contributed by atoms with E-state index in [2.05, 4.69) is 5.10 Å². The molecule has 0 aliphatic carbocycles. The van der Waals surface area contributed by atoms with Crippen molar-refractivity contribution >= 4 is 11.6 Å². The third-order valence-corrected chi connectivity index (χ3v) is 2.14. The molecule has 0 amide bonds. The Kier molecular flexibility index (Phi) is 3.69. The molecule has 3 nitrogen and oxygen atoms in total. The standard InChI is InChI=1S/C8H13ClFN3/c1-2-13-8(6(9)5-12-13)7(10)3-4-11/h5,7H,2-4,11H2,1H3. The Labute approximate surface area is 81.7 Å². The summed E-state index contributed by atoms with van der Waals surface area (Å²) in [6.45, 7) is 2.82. The number of halogens is 2. The monoisotopic (exact) mass is 205 g/mol. The first kappa shape index (κ1) is 10.5. The lowest BCUT2D eigenvalue weighted by Crippen LogP contribution is -2.09. The first-order valence-corrected chi connectivity index (χ1v) is 4.63. The van der Waals surface area contributed by atoms with Crippen molar-refractivity contribution in [2.75, 3.05) is 6.54 Å². The number of aryl methyl sites for hydroxylation is 1. The molecule has 1 atom stereocenters. The highest BCUT2D eigenvalue weighted by atomic mass is 35.5. The number of alkyl halides is 1. The summed E-state index contributed by atoms with van der Waals surface area (Å²) in [5, 5.41) is 4.32. The van der Waals surface area contributed by atoms with Gasteiger partial charge in [0.05, 0.1) is 16.9 Å². The van der Waals surface area contributed by atoms with Crippen molar-refractivity contribution < 1.29 is 4.39 Å². The van der Waals surface area contributed by atoms with E-state index in [4.69, 9.17) is 17.3 Å². The fraction of sp³-hybridized carbons (Fsp3) is 0.625. The molecule has 0 radical (unpaired) electrons. The van der Waals surface area contributed by atoms with Crippen LogP contribution in [0.4, 0.5) is 4.39 Å². The second-order valence-corrected chi connectivity index (χ2v) is 3.15. The van der Waals surface area contributed by atoms with E-state index >= 15 is 0 Å². The van der Waals surface area contributed by atoms with Crippen molar-refractivity contribution in [1.29, 1.82) is 0 Å². The van der Waals surface area contributed by atoms with Crippen molar-refractivity contribution in [1.82, 2.24) is 9.78 Å². The number of rotatable bonds is 4. The van der Waals surface area contributed by atoms with Crippen LogP contribution in [0.2, 0.25) is 5.02 Å². The summed E-state index contributed by atoms with van der Waals surface area (Å²) in [4.78, 5) is 0. The predicted octanol–water partition coefficient (Wildman–Crippen LogP) is 1.92. The molecular weight excluding hydrogens is 193 g/mol. The molecule has 1 heterocycles. The van der Waals surface area contributed by atoms with Crippen molar-refractivity contribution in [3.63, 3.8) is 0 Å². The molecule has 1 aromatic heterocycles. The fourth-order valence-corrected chi connectivity index (χ4v) is 1.48. The largest absolute Gasteiger partial charge is 0.330 e. The summed E-state index contributed by atoms with van der Waals surface area (Å²) in [5.74, 6) is 0. The number of hydrogen-bond donors (Lipinski definition) is 1. The van der Waals surface area contributed by atoms with E-state index in [-0.39, 0.29) is 6.42 Å². The van der Waals surface area contributed by atoms with Gasteiger partial charge in [0.1, 0.15) is 6.17 Å². The molecule has 5 heteroatoms. The van der Waals surface area contributed by atoms with Crippen LogP contribution in [0.15, 0.2) is 6.20 Å². The van der Waals surface area contributed by atoms with Gasteiger partial charge in [-0.2, -0.15) is 5.10 Å². The van der Waals surface area contributed by atoms with Gasteiger partial charge in [-0.25, -0.2) is 4.39 Å². The van der Waals surface area contributed by atoms with Crippen LogP contribution in [0.5, 0.6) is 0 Å².